The van der Waals surface area contributed by atoms with Crippen LogP contribution in [-0.4, -0.2) is 55.0 Å². The molecule has 1 N–H and O–H groups in total. The minimum Gasteiger partial charge on any atom is -0.322 e. The van der Waals surface area contributed by atoms with Crippen molar-refractivity contribution in [3.8, 4) is 0 Å². The van der Waals surface area contributed by atoms with E-state index in [1.165, 1.54) is 11.1 Å². The molecule has 1 aliphatic heterocycles. The average molecular weight is 536 g/mol. The Kier molecular flexibility index (Phi) is 8.28. The molecule has 2 aromatic rings. The number of amides is 3. The number of anilines is 1. The van der Waals surface area contributed by atoms with Gasteiger partial charge in [0, 0.05) is 37.4 Å². The number of rotatable bonds is 6. The molecule has 166 valence electrons. The lowest BCUT2D eigenvalue weighted by Crippen LogP contribution is -2.51. The van der Waals surface area contributed by atoms with E-state index < -0.39 is 0 Å². The summed E-state index contributed by atoms with van der Waals surface area (Å²) in [6, 6.07) is 13.5. The molecular weight excluding hydrogens is 507 g/mol. The molecule has 0 saturated carbocycles. The van der Waals surface area contributed by atoms with E-state index in [-0.39, 0.29) is 11.9 Å². The molecule has 0 unspecified atom stereocenters. The highest BCUT2D eigenvalue weighted by Crippen LogP contribution is 2.24. The van der Waals surface area contributed by atoms with Crippen LogP contribution in [0, 0.1) is 6.92 Å². The molecule has 0 atom stereocenters. The summed E-state index contributed by atoms with van der Waals surface area (Å²) in [6.07, 6.45) is 0.916. The number of hydrogen-bond donors (Lipinski definition) is 1. The van der Waals surface area contributed by atoms with Crippen molar-refractivity contribution in [3.63, 3.8) is 0 Å². The molecule has 1 aliphatic rings. The molecule has 0 radical (unpaired) electrons. The zero-order chi connectivity index (χ0) is 22.4. The standard InChI is InChI=1S/C23H29IN4O3/c1-4-19-15-21(10-5-17(19)2)28(23(30)27-13-11-26(3)12-14-27)16-18-6-8-20(9-7-18)22(29)25-31-24/h5-10,15H,4,11-14,16H2,1-3H3,(H,25,29). The van der Waals surface area contributed by atoms with Crippen LogP contribution >= 0.6 is 23.0 Å². The van der Waals surface area contributed by atoms with Crippen LogP contribution < -0.4 is 10.4 Å². The summed E-state index contributed by atoms with van der Waals surface area (Å²) in [7, 11) is 2.08. The van der Waals surface area contributed by atoms with E-state index in [1.807, 2.05) is 28.0 Å². The van der Waals surface area contributed by atoms with Crippen molar-refractivity contribution in [2.24, 2.45) is 0 Å². The van der Waals surface area contributed by atoms with Gasteiger partial charge in [0.1, 0.15) is 23.0 Å². The number of halogens is 1. The van der Waals surface area contributed by atoms with Crippen LogP contribution in [0.1, 0.15) is 34.0 Å². The number of benzene rings is 2. The molecular formula is C23H29IN4O3. The first kappa shape index (κ1) is 23.5. The quantitative estimate of drug-likeness (QED) is 0.449. The Hall–Kier alpha value is -2.17. The van der Waals surface area contributed by atoms with Gasteiger partial charge in [-0.15, -0.1) is 0 Å². The summed E-state index contributed by atoms with van der Waals surface area (Å²) < 4.78 is 4.66. The Labute approximate surface area is 198 Å². The number of piperazine rings is 1. The van der Waals surface area contributed by atoms with Gasteiger partial charge in [-0.2, -0.15) is 0 Å². The molecule has 2 aromatic carbocycles. The summed E-state index contributed by atoms with van der Waals surface area (Å²) in [5.74, 6) is -0.308. The van der Waals surface area contributed by atoms with E-state index in [0.29, 0.717) is 25.2 Å². The summed E-state index contributed by atoms with van der Waals surface area (Å²) >= 11 is 1.61. The van der Waals surface area contributed by atoms with Crippen LogP contribution in [0.4, 0.5) is 10.5 Å². The van der Waals surface area contributed by atoms with E-state index >= 15 is 0 Å². The first-order valence-electron chi connectivity index (χ1n) is 10.4. The van der Waals surface area contributed by atoms with Gasteiger partial charge in [0.05, 0.1) is 6.54 Å². The van der Waals surface area contributed by atoms with Crippen LogP contribution in [0.15, 0.2) is 42.5 Å². The first-order chi connectivity index (χ1) is 14.9. The van der Waals surface area contributed by atoms with Crippen molar-refractivity contribution in [1.29, 1.82) is 0 Å². The van der Waals surface area contributed by atoms with Gasteiger partial charge >= 0.3 is 6.03 Å². The molecule has 0 bridgehead atoms. The van der Waals surface area contributed by atoms with Crippen molar-refractivity contribution in [1.82, 2.24) is 15.3 Å². The number of urea groups is 1. The number of hydroxylamine groups is 1. The van der Waals surface area contributed by atoms with Crippen LogP contribution in [-0.2, 0) is 16.1 Å². The molecule has 0 aromatic heterocycles. The van der Waals surface area contributed by atoms with Gasteiger partial charge in [0.25, 0.3) is 5.91 Å². The minimum absolute atomic E-state index is 0.0131. The molecule has 8 heteroatoms. The Morgan fingerprint density at radius 3 is 2.39 bits per heavy atom. The maximum atomic E-state index is 13.5. The maximum Gasteiger partial charge on any atom is 0.324 e. The summed E-state index contributed by atoms with van der Waals surface area (Å²) in [5, 5.41) is 0. The van der Waals surface area contributed by atoms with E-state index in [2.05, 4.69) is 46.6 Å². The van der Waals surface area contributed by atoms with Gasteiger partial charge in [-0.25, -0.2) is 13.4 Å². The van der Waals surface area contributed by atoms with Gasteiger partial charge in [-0.1, -0.05) is 25.1 Å². The van der Waals surface area contributed by atoms with Crippen LogP contribution in [0.5, 0.6) is 0 Å². The van der Waals surface area contributed by atoms with Crippen molar-refractivity contribution in [3.05, 3.63) is 64.7 Å². The molecule has 3 amide bonds. The molecule has 1 heterocycles. The Morgan fingerprint density at radius 1 is 1.10 bits per heavy atom. The number of hydrogen-bond acceptors (Lipinski definition) is 4. The third-order valence-electron chi connectivity index (χ3n) is 5.72. The van der Waals surface area contributed by atoms with Gasteiger partial charge in [0.15, 0.2) is 0 Å². The van der Waals surface area contributed by atoms with Crippen molar-refractivity contribution < 1.29 is 12.8 Å². The third-order valence-corrected chi connectivity index (χ3v) is 5.94. The van der Waals surface area contributed by atoms with E-state index in [9.17, 15) is 9.59 Å². The van der Waals surface area contributed by atoms with Gasteiger partial charge in [-0.05, 0) is 61.3 Å². The largest absolute Gasteiger partial charge is 0.324 e. The number of likely N-dealkylation sites (N-methyl/N-ethyl adjacent to an activating group) is 1. The predicted molar refractivity (Wildman–Crippen MR) is 130 cm³/mol. The van der Waals surface area contributed by atoms with Crippen molar-refractivity contribution in [2.75, 3.05) is 38.1 Å². The topological polar surface area (TPSA) is 65.1 Å². The second-order valence-electron chi connectivity index (χ2n) is 7.83. The Balaban J connectivity index is 1.87. The summed E-state index contributed by atoms with van der Waals surface area (Å²) in [4.78, 5) is 31.4. The summed E-state index contributed by atoms with van der Waals surface area (Å²) in [5.41, 5.74) is 7.11. The highest BCUT2D eigenvalue weighted by Gasteiger charge is 2.26. The molecule has 31 heavy (non-hydrogen) atoms. The van der Waals surface area contributed by atoms with E-state index in [1.54, 1.807) is 35.1 Å². The zero-order valence-corrected chi connectivity index (χ0v) is 20.4. The second kappa shape index (κ2) is 10.9. The van der Waals surface area contributed by atoms with Gasteiger partial charge < -0.3 is 9.80 Å². The van der Waals surface area contributed by atoms with E-state index in [0.717, 1.165) is 30.8 Å². The number of aryl methyl sites for hydroxylation is 2. The van der Waals surface area contributed by atoms with Crippen molar-refractivity contribution in [2.45, 2.75) is 26.8 Å². The number of carbonyl (C=O) groups is 2. The highest BCUT2D eigenvalue weighted by molar-refractivity contribution is 14.1. The molecule has 0 aliphatic carbocycles. The molecule has 1 fully saturated rings. The molecule has 1 saturated heterocycles. The van der Waals surface area contributed by atoms with Crippen LogP contribution in [0.3, 0.4) is 0 Å². The molecule has 0 spiro atoms. The second-order valence-corrected chi connectivity index (χ2v) is 8.27. The predicted octanol–water partition coefficient (Wildman–Crippen LogP) is 3.94. The number of nitrogens with zero attached hydrogens (tertiary/aromatic N) is 3. The van der Waals surface area contributed by atoms with Gasteiger partial charge in [0.2, 0.25) is 0 Å². The zero-order valence-electron chi connectivity index (χ0n) is 18.2. The minimum atomic E-state index is -0.308. The lowest BCUT2D eigenvalue weighted by Gasteiger charge is -2.36. The normalized spacial score (nSPS) is 14.4. The fourth-order valence-corrected chi connectivity index (χ4v) is 3.88. The SMILES string of the molecule is CCc1cc(N(Cc2ccc(C(=O)NOI)cc2)C(=O)N2CCN(C)CC2)ccc1C. The first-order valence-corrected chi connectivity index (χ1v) is 11.3. The fourth-order valence-electron chi connectivity index (χ4n) is 3.68. The van der Waals surface area contributed by atoms with Gasteiger partial charge in [-0.3, -0.25) is 9.69 Å². The number of carbonyl (C=O) groups excluding carboxylic acids is 2. The fraction of sp³-hybridized carbons (Fsp3) is 0.391. The van der Waals surface area contributed by atoms with Crippen LogP contribution in [0.25, 0.3) is 0 Å². The smallest absolute Gasteiger partial charge is 0.322 e. The lowest BCUT2D eigenvalue weighted by molar-refractivity contribution is 0.0829. The Bertz CT molecular complexity index is 912. The Morgan fingerprint density at radius 2 is 1.77 bits per heavy atom. The highest BCUT2D eigenvalue weighted by atomic mass is 127. The van der Waals surface area contributed by atoms with Crippen LogP contribution in [0.2, 0.25) is 0 Å². The monoisotopic (exact) mass is 536 g/mol. The average Bonchev–Trinajstić information content (AvgIpc) is 2.78. The number of nitrogens with one attached hydrogen (secondary N) is 1. The molecule has 3 rings (SSSR count). The van der Waals surface area contributed by atoms with Crippen molar-refractivity contribution >= 4 is 40.6 Å². The van der Waals surface area contributed by atoms with E-state index in [4.69, 9.17) is 0 Å². The maximum absolute atomic E-state index is 13.5. The third kappa shape index (κ3) is 5.96. The summed E-state index contributed by atoms with van der Waals surface area (Å²) in [6.45, 7) is 7.83. The molecule has 7 nitrogen and oxygen atoms in total. The lowest BCUT2D eigenvalue weighted by atomic mass is 10.0.